The topological polar surface area (TPSA) is 3.24 Å². The molecule has 1 saturated carbocycles. The van der Waals surface area contributed by atoms with Gasteiger partial charge in [0.25, 0.3) is 0 Å². The van der Waals surface area contributed by atoms with Gasteiger partial charge in [-0.1, -0.05) is 44.8 Å². The van der Waals surface area contributed by atoms with Crippen molar-refractivity contribution in [2.24, 2.45) is 5.92 Å². The van der Waals surface area contributed by atoms with Crippen LogP contribution in [-0.4, -0.2) is 32.1 Å². The number of likely N-dealkylation sites (tertiary alicyclic amines) is 1. The molecule has 0 N–H and O–H groups in total. The first-order valence-corrected chi connectivity index (χ1v) is 11.3. The van der Waals surface area contributed by atoms with E-state index in [9.17, 15) is 0 Å². The second-order valence-corrected chi connectivity index (χ2v) is 11.9. The largest absolute Gasteiger partial charge is 0.290 e. The van der Waals surface area contributed by atoms with Crippen LogP contribution in [0.5, 0.6) is 0 Å². The molecule has 2 aliphatic rings. The summed E-state index contributed by atoms with van der Waals surface area (Å²) in [4.78, 5) is 2.68. The summed E-state index contributed by atoms with van der Waals surface area (Å²) in [6.45, 7) is 9.68. The van der Waals surface area contributed by atoms with Crippen molar-refractivity contribution in [3.05, 3.63) is 0 Å². The molecular weight excluding hydrogens is 234 g/mol. The van der Waals surface area contributed by atoms with Crippen molar-refractivity contribution >= 4 is 8.07 Å². The van der Waals surface area contributed by atoms with E-state index in [1.807, 2.05) is 0 Å². The Balaban J connectivity index is 2.07. The molecule has 0 amide bonds. The maximum Gasteiger partial charge on any atom is 0.129 e. The molecule has 1 saturated heterocycles. The Bertz CT molecular complexity index is 308. The fourth-order valence-corrected chi connectivity index (χ4v) is 3.85. The lowest BCUT2D eigenvalue weighted by molar-refractivity contribution is 0.185. The summed E-state index contributed by atoms with van der Waals surface area (Å²) >= 11 is 0. The fraction of sp³-hybridized carbons (Fsp3) is 0.875. The first-order valence-electron chi connectivity index (χ1n) is 7.83. The van der Waals surface area contributed by atoms with Crippen LogP contribution < -0.4 is 0 Å². The molecule has 1 nitrogen and oxygen atoms in total. The van der Waals surface area contributed by atoms with E-state index in [2.05, 4.69) is 36.0 Å². The molecule has 0 spiro atoms. The molecule has 0 radical (unpaired) electrons. The van der Waals surface area contributed by atoms with Crippen LogP contribution in [-0.2, 0) is 0 Å². The van der Waals surface area contributed by atoms with Crippen LogP contribution in [0.15, 0.2) is 0 Å². The Kier molecular flexibility index (Phi) is 4.92. The average Bonchev–Trinajstić information content (AvgIpc) is 2.83. The van der Waals surface area contributed by atoms with E-state index in [1.165, 1.54) is 58.0 Å². The van der Waals surface area contributed by atoms with Gasteiger partial charge in [0.2, 0.25) is 0 Å². The molecule has 0 aromatic heterocycles. The van der Waals surface area contributed by atoms with Gasteiger partial charge < -0.3 is 0 Å². The minimum Gasteiger partial charge on any atom is -0.290 e. The molecule has 0 aromatic carbocycles. The average molecular weight is 264 g/mol. The zero-order valence-corrected chi connectivity index (χ0v) is 13.5. The van der Waals surface area contributed by atoms with Gasteiger partial charge in [-0.3, -0.25) is 4.90 Å². The summed E-state index contributed by atoms with van der Waals surface area (Å²) in [5.41, 5.74) is 3.64. The van der Waals surface area contributed by atoms with Gasteiger partial charge in [-0.05, 0) is 44.7 Å². The van der Waals surface area contributed by atoms with Gasteiger partial charge in [0.15, 0.2) is 0 Å². The summed E-state index contributed by atoms with van der Waals surface area (Å²) in [6, 6.07) is 0.583. The highest BCUT2D eigenvalue weighted by Gasteiger charge is 2.29. The van der Waals surface area contributed by atoms with Crippen LogP contribution in [0.4, 0.5) is 0 Å². The van der Waals surface area contributed by atoms with Crippen molar-refractivity contribution in [1.29, 1.82) is 0 Å². The third-order valence-corrected chi connectivity index (χ3v) is 5.12. The summed E-state index contributed by atoms with van der Waals surface area (Å²) < 4.78 is 0. The van der Waals surface area contributed by atoms with Gasteiger partial charge in [0, 0.05) is 0 Å². The second kappa shape index (κ2) is 6.26. The fourth-order valence-electron chi connectivity index (χ4n) is 3.27. The van der Waals surface area contributed by atoms with Gasteiger partial charge in [-0.2, -0.15) is 0 Å². The van der Waals surface area contributed by atoms with Crippen LogP contribution in [0.2, 0.25) is 19.6 Å². The number of hydrogen-bond acceptors (Lipinski definition) is 1. The number of nitrogens with zero attached hydrogens (tertiary/aromatic N) is 1. The highest BCUT2D eigenvalue weighted by Crippen LogP contribution is 2.30. The zero-order valence-electron chi connectivity index (χ0n) is 12.5. The van der Waals surface area contributed by atoms with E-state index in [4.69, 9.17) is 0 Å². The molecule has 2 rings (SSSR count). The third-order valence-electron chi connectivity index (χ3n) is 4.23. The van der Waals surface area contributed by atoms with E-state index >= 15 is 0 Å². The SMILES string of the molecule is C[Si](C)(C)C#CC(C1CCCCC1)N1CCCC1. The number of rotatable bonds is 2. The number of hydrogen-bond donors (Lipinski definition) is 0. The van der Waals surface area contributed by atoms with Crippen LogP contribution in [0, 0.1) is 17.4 Å². The summed E-state index contributed by atoms with van der Waals surface area (Å²) in [6.07, 6.45) is 9.93. The first kappa shape index (κ1) is 14.2. The normalized spacial score (nSPS) is 24.6. The predicted octanol–water partition coefficient (Wildman–Crippen LogP) is 3.91. The smallest absolute Gasteiger partial charge is 0.129 e. The highest BCUT2D eigenvalue weighted by molar-refractivity contribution is 6.83. The molecule has 2 heteroatoms. The molecule has 1 atom stereocenters. The Hall–Kier alpha value is -0.263. The van der Waals surface area contributed by atoms with Crippen LogP contribution in [0.3, 0.4) is 0 Å². The molecule has 18 heavy (non-hydrogen) atoms. The highest BCUT2D eigenvalue weighted by atomic mass is 28.3. The lowest BCUT2D eigenvalue weighted by Gasteiger charge is -2.33. The van der Waals surface area contributed by atoms with E-state index in [1.54, 1.807) is 0 Å². The van der Waals surface area contributed by atoms with E-state index in [0.717, 1.165) is 5.92 Å². The van der Waals surface area contributed by atoms with E-state index in [0.29, 0.717) is 6.04 Å². The van der Waals surface area contributed by atoms with Gasteiger partial charge in [-0.25, -0.2) is 0 Å². The van der Waals surface area contributed by atoms with Gasteiger partial charge in [-0.15, -0.1) is 5.54 Å². The van der Waals surface area contributed by atoms with Crippen molar-refractivity contribution in [1.82, 2.24) is 4.90 Å². The minimum absolute atomic E-state index is 0.583. The van der Waals surface area contributed by atoms with Crippen molar-refractivity contribution in [2.75, 3.05) is 13.1 Å². The van der Waals surface area contributed by atoms with E-state index in [-0.39, 0.29) is 0 Å². The molecule has 0 aromatic rings. The predicted molar refractivity (Wildman–Crippen MR) is 82.3 cm³/mol. The van der Waals surface area contributed by atoms with Gasteiger partial charge in [0.05, 0.1) is 6.04 Å². The van der Waals surface area contributed by atoms with Gasteiger partial charge in [0.1, 0.15) is 8.07 Å². The van der Waals surface area contributed by atoms with Crippen molar-refractivity contribution in [2.45, 2.75) is 70.6 Å². The Morgan fingerprint density at radius 3 is 2.11 bits per heavy atom. The third kappa shape index (κ3) is 4.14. The summed E-state index contributed by atoms with van der Waals surface area (Å²) in [5, 5.41) is 0. The van der Waals surface area contributed by atoms with Crippen LogP contribution >= 0.6 is 0 Å². The lowest BCUT2D eigenvalue weighted by Crippen LogP contribution is -2.39. The second-order valence-electron chi connectivity index (χ2n) is 7.11. The van der Waals surface area contributed by atoms with Crippen molar-refractivity contribution in [3.8, 4) is 11.5 Å². The minimum atomic E-state index is -1.22. The van der Waals surface area contributed by atoms with Crippen LogP contribution in [0.1, 0.15) is 44.9 Å². The molecule has 2 fully saturated rings. The molecular formula is C16H29NSi. The Morgan fingerprint density at radius 2 is 1.56 bits per heavy atom. The molecule has 102 valence electrons. The zero-order chi connectivity index (χ0) is 13.0. The van der Waals surface area contributed by atoms with E-state index < -0.39 is 8.07 Å². The monoisotopic (exact) mass is 263 g/mol. The molecule has 1 unspecified atom stereocenters. The molecule has 1 aliphatic carbocycles. The maximum absolute atomic E-state index is 3.71. The Labute approximate surface area is 114 Å². The van der Waals surface area contributed by atoms with Crippen molar-refractivity contribution < 1.29 is 0 Å². The van der Waals surface area contributed by atoms with Crippen LogP contribution in [0.25, 0.3) is 0 Å². The quantitative estimate of drug-likeness (QED) is 0.539. The standard InChI is InChI=1S/C16H29NSi/c1-18(2,3)14-11-16(17-12-7-8-13-17)15-9-5-4-6-10-15/h15-16H,4-10,12-13H2,1-3H3. The Morgan fingerprint density at radius 1 is 0.944 bits per heavy atom. The van der Waals surface area contributed by atoms with Crippen molar-refractivity contribution in [3.63, 3.8) is 0 Å². The summed E-state index contributed by atoms with van der Waals surface area (Å²) in [7, 11) is -1.22. The molecule has 0 bridgehead atoms. The molecule has 1 aliphatic heterocycles. The first-order chi connectivity index (χ1) is 8.56. The summed E-state index contributed by atoms with van der Waals surface area (Å²) in [5.74, 6) is 4.57. The van der Waals surface area contributed by atoms with Gasteiger partial charge >= 0.3 is 0 Å². The molecule has 1 heterocycles. The maximum atomic E-state index is 3.71. The lowest BCUT2D eigenvalue weighted by atomic mass is 9.83.